The Kier molecular flexibility index (Phi) is 4.64. The number of fused-ring (bicyclic) bond motifs is 2. The SMILES string of the molecule is COc1ccc([C@H]2OC[C@H]3[C@@H]2CO[C@H]3c2cc(OC)c3c(c2)OCO3)cc1OC. The highest BCUT2D eigenvalue weighted by molar-refractivity contribution is 5.55. The van der Waals surface area contributed by atoms with Gasteiger partial charge in [0.25, 0.3) is 0 Å². The molecule has 2 aromatic rings. The zero-order valence-corrected chi connectivity index (χ0v) is 16.7. The number of ether oxygens (including phenoxy) is 7. The molecule has 0 amide bonds. The molecule has 7 nitrogen and oxygen atoms in total. The molecule has 0 N–H and O–H groups in total. The van der Waals surface area contributed by atoms with Crippen LogP contribution in [0, 0.1) is 11.8 Å². The standard InChI is InChI=1S/C22H24O7/c1-23-16-5-4-12(6-17(16)24-2)20-14-9-27-21(15(14)10-26-20)13-7-18(25-3)22-19(8-13)28-11-29-22/h4-8,14-15,20-21H,9-11H2,1-3H3/t14-,15-,20+,21-/m0/s1. The van der Waals surface area contributed by atoms with Crippen LogP contribution in [0.1, 0.15) is 23.3 Å². The van der Waals surface area contributed by atoms with E-state index in [1.54, 1.807) is 21.3 Å². The summed E-state index contributed by atoms with van der Waals surface area (Å²) in [5.41, 5.74) is 2.10. The number of hydrogen-bond acceptors (Lipinski definition) is 7. The molecule has 0 aromatic heterocycles. The summed E-state index contributed by atoms with van der Waals surface area (Å²) in [7, 11) is 4.90. The van der Waals surface area contributed by atoms with Crippen LogP contribution in [0.5, 0.6) is 28.7 Å². The first-order valence-corrected chi connectivity index (χ1v) is 9.66. The average molecular weight is 400 g/mol. The molecule has 2 aromatic carbocycles. The second-order valence-electron chi connectivity index (χ2n) is 7.41. The third kappa shape index (κ3) is 2.96. The van der Waals surface area contributed by atoms with E-state index in [1.165, 1.54) is 0 Å². The van der Waals surface area contributed by atoms with E-state index in [-0.39, 0.29) is 30.8 Å². The van der Waals surface area contributed by atoms with Gasteiger partial charge in [0, 0.05) is 11.8 Å². The fourth-order valence-corrected chi connectivity index (χ4v) is 4.58. The molecule has 2 saturated heterocycles. The maximum Gasteiger partial charge on any atom is 0.231 e. The van der Waals surface area contributed by atoms with Crippen LogP contribution in [-0.4, -0.2) is 41.3 Å². The summed E-state index contributed by atoms with van der Waals surface area (Å²) in [5, 5.41) is 0. The quantitative estimate of drug-likeness (QED) is 0.761. The molecule has 7 heteroatoms. The number of hydrogen-bond donors (Lipinski definition) is 0. The Morgan fingerprint density at radius 3 is 2.07 bits per heavy atom. The zero-order chi connectivity index (χ0) is 20.0. The van der Waals surface area contributed by atoms with Crippen LogP contribution in [0.25, 0.3) is 0 Å². The molecular weight excluding hydrogens is 376 g/mol. The minimum Gasteiger partial charge on any atom is -0.493 e. The minimum absolute atomic E-state index is 0.0410. The van der Waals surface area contributed by atoms with E-state index in [4.69, 9.17) is 33.2 Å². The molecule has 0 aliphatic carbocycles. The molecule has 3 aliphatic rings. The third-order valence-corrected chi connectivity index (χ3v) is 6.01. The van der Waals surface area contributed by atoms with Crippen molar-refractivity contribution in [2.24, 2.45) is 11.8 Å². The first-order chi connectivity index (χ1) is 14.2. The molecule has 0 bridgehead atoms. The second-order valence-corrected chi connectivity index (χ2v) is 7.41. The van der Waals surface area contributed by atoms with E-state index in [1.807, 2.05) is 30.3 Å². The summed E-state index contributed by atoms with van der Waals surface area (Å²) in [5.74, 6) is 3.93. The Balaban J connectivity index is 1.41. The Labute approximate surface area is 169 Å². The molecule has 2 fully saturated rings. The van der Waals surface area contributed by atoms with Gasteiger partial charge >= 0.3 is 0 Å². The van der Waals surface area contributed by atoms with Crippen molar-refractivity contribution >= 4 is 0 Å². The Bertz CT molecular complexity index is 912. The van der Waals surface area contributed by atoms with Gasteiger partial charge in [-0.25, -0.2) is 0 Å². The molecule has 0 unspecified atom stereocenters. The molecule has 0 radical (unpaired) electrons. The van der Waals surface area contributed by atoms with Gasteiger partial charge in [-0.3, -0.25) is 0 Å². The van der Waals surface area contributed by atoms with Gasteiger partial charge in [-0.15, -0.1) is 0 Å². The van der Waals surface area contributed by atoms with Crippen molar-refractivity contribution in [3.8, 4) is 28.7 Å². The van der Waals surface area contributed by atoms with Crippen LogP contribution in [0.15, 0.2) is 30.3 Å². The molecule has 3 aliphatic heterocycles. The number of methoxy groups -OCH3 is 3. The van der Waals surface area contributed by atoms with Crippen LogP contribution < -0.4 is 23.7 Å². The highest BCUT2D eigenvalue weighted by Crippen LogP contribution is 2.53. The zero-order valence-electron chi connectivity index (χ0n) is 16.7. The van der Waals surface area contributed by atoms with Gasteiger partial charge in [0.1, 0.15) is 0 Å². The lowest BCUT2D eigenvalue weighted by Gasteiger charge is -2.18. The molecule has 154 valence electrons. The van der Waals surface area contributed by atoms with Gasteiger partial charge in [-0.2, -0.15) is 0 Å². The van der Waals surface area contributed by atoms with Crippen LogP contribution >= 0.6 is 0 Å². The summed E-state index contributed by atoms with van der Waals surface area (Å²) >= 11 is 0. The lowest BCUT2D eigenvalue weighted by atomic mass is 9.85. The fourth-order valence-electron chi connectivity index (χ4n) is 4.58. The second kappa shape index (κ2) is 7.31. The highest BCUT2D eigenvalue weighted by Gasteiger charge is 2.48. The topological polar surface area (TPSA) is 64.6 Å². The normalized spacial score (nSPS) is 27.0. The molecule has 5 rings (SSSR count). The first kappa shape index (κ1) is 18.4. The van der Waals surface area contributed by atoms with Crippen molar-refractivity contribution in [1.29, 1.82) is 0 Å². The van der Waals surface area contributed by atoms with Gasteiger partial charge in [-0.05, 0) is 35.4 Å². The maximum absolute atomic E-state index is 6.23. The minimum atomic E-state index is -0.0754. The predicted octanol–water partition coefficient (Wildman–Crippen LogP) is 3.52. The summed E-state index contributed by atoms with van der Waals surface area (Å²) in [6.07, 6.45) is -0.116. The third-order valence-electron chi connectivity index (χ3n) is 6.01. The summed E-state index contributed by atoms with van der Waals surface area (Å²) < 4.78 is 39.8. The molecule has 29 heavy (non-hydrogen) atoms. The van der Waals surface area contributed by atoms with Gasteiger partial charge in [0.15, 0.2) is 23.0 Å². The smallest absolute Gasteiger partial charge is 0.231 e. The average Bonchev–Trinajstić information content (AvgIpc) is 3.48. The monoisotopic (exact) mass is 400 g/mol. The van der Waals surface area contributed by atoms with Crippen LogP contribution in [0.2, 0.25) is 0 Å². The van der Waals surface area contributed by atoms with Crippen LogP contribution in [0.4, 0.5) is 0 Å². The van der Waals surface area contributed by atoms with Crippen LogP contribution in [0.3, 0.4) is 0 Å². The van der Waals surface area contributed by atoms with E-state index in [0.717, 1.165) is 11.1 Å². The molecule has 0 saturated carbocycles. The van der Waals surface area contributed by atoms with Gasteiger partial charge in [-0.1, -0.05) is 6.07 Å². The predicted molar refractivity (Wildman–Crippen MR) is 103 cm³/mol. The van der Waals surface area contributed by atoms with Crippen molar-refractivity contribution in [2.45, 2.75) is 12.2 Å². The Hall–Kier alpha value is -2.64. The molecule has 4 atom stereocenters. The Morgan fingerprint density at radius 2 is 1.38 bits per heavy atom. The first-order valence-electron chi connectivity index (χ1n) is 9.66. The lowest BCUT2D eigenvalue weighted by molar-refractivity contribution is 0.0191. The molecule has 0 spiro atoms. The van der Waals surface area contributed by atoms with E-state index in [2.05, 4.69) is 0 Å². The summed E-state index contributed by atoms with van der Waals surface area (Å²) in [6.45, 7) is 1.47. The van der Waals surface area contributed by atoms with E-state index in [0.29, 0.717) is 42.0 Å². The van der Waals surface area contributed by atoms with Gasteiger partial charge in [0.2, 0.25) is 12.5 Å². The largest absolute Gasteiger partial charge is 0.493 e. The summed E-state index contributed by atoms with van der Waals surface area (Å²) in [6, 6.07) is 9.90. The van der Waals surface area contributed by atoms with E-state index >= 15 is 0 Å². The van der Waals surface area contributed by atoms with Gasteiger partial charge in [0.05, 0.1) is 46.8 Å². The number of benzene rings is 2. The van der Waals surface area contributed by atoms with Crippen molar-refractivity contribution in [3.63, 3.8) is 0 Å². The lowest BCUT2D eigenvalue weighted by Crippen LogP contribution is -2.14. The number of rotatable bonds is 5. The fraction of sp³-hybridized carbons (Fsp3) is 0.455. The Morgan fingerprint density at radius 1 is 0.724 bits per heavy atom. The van der Waals surface area contributed by atoms with Crippen molar-refractivity contribution in [1.82, 2.24) is 0 Å². The summed E-state index contributed by atoms with van der Waals surface area (Å²) in [4.78, 5) is 0. The van der Waals surface area contributed by atoms with E-state index in [9.17, 15) is 0 Å². The van der Waals surface area contributed by atoms with Crippen molar-refractivity contribution in [2.75, 3.05) is 41.3 Å². The highest BCUT2D eigenvalue weighted by atomic mass is 16.7. The van der Waals surface area contributed by atoms with Gasteiger partial charge < -0.3 is 33.2 Å². The molecule has 3 heterocycles. The van der Waals surface area contributed by atoms with Crippen molar-refractivity contribution in [3.05, 3.63) is 41.5 Å². The molecular formula is C22H24O7. The maximum atomic E-state index is 6.23. The van der Waals surface area contributed by atoms with E-state index < -0.39 is 0 Å². The van der Waals surface area contributed by atoms with Crippen LogP contribution in [-0.2, 0) is 9.47 Å². The van der Waals surface area contributed by atoms with Crippen molar-refractivity contribution < 1.29 is 33.2 Å².